The Kier molecular flexibility index (Phi) is 5.00. The third-order valence-corrected chi connectivity index (χ3v) is 6.79. The molecule has 4 nitrogen and oxygen atoms in total. The van der Waals surface area contributed by atoms with E-state index in [2.05, 4.69) is 5.32 Å². The number of nitrogens with zero attached hydrogens (tertiary/aromatic N) is 1. The average molecular weight is 391 g/mol. The molecule has 26 heavy (non-hydrogen) atoms. The van der Waals surface area contributed by atoms with E-state index in [1.807, 2.05) is 6.07 Å². The van der Waals surface area contributed by atoms with E-state index in [-0.39, 0.29) is 17.6 Å². The summed E-state index contributed by atoms with van der Waals surface area (Å²) in [4.78, 5) is 28.5. The highest BCUT2D eigenvalue weighted by atomic mass is 32.2. The van der Waals surface area contributed by atoms with Crippen LogP contribution in [0.4, 0.5) is 4.39 Å². The number of halogens is 1. The van der Waals surface area contributed by atoms with Crippen molar-refractivity contribution in [3.8, 4) is 10.4 Å². The highest BCUT2D eigenvalue weighted by Gasteiger charge is 2.36. The van der Waals surface area contributed by atoms with Gasteiger partial charge in [0.25, 0.3) is 5.91 Å². The minimum Gasteiger partial charge on any atom is -0.354 e. The van der Waals surface area contributed by atoms with Crippen LogP contribution in [0.3, 0.4) is 0 Å². The van der Waals surface area contributed by atoms with Crippen molar-refractivity contribution in [1.82, 2.24) is 10.2 Å². The van der Waals surface area contributed by atoms with Crippen LogP contribution in [0, 0.1) is 11.7 Å². The second-order valence-electron chi connectivity index (χ2n) is 6.65. The number of thioether (sulfide) groups is 1. The van der Waals surface area contributed by atoms with Crippen LogP contribution in [0.5, 0.6) is 0 Å². The molecular weight excluding hydrogens is 371 g/mol. The third-order valence-electron chi connectivity index (χ3n) is 4.65. The van der Waals surface area contributed by atoms with E-state index >= 15 is 0 Å². The van der Waals surface area contributed by atoms with Crippen LogP contribution in [0.25, 0.3) is 10.4 Å². The van der Waals surface area contributed by atoms with Crippen molar-refractivity contribution in [2.24, 2.45) is 5.92 Å². The average Bonchev–Trinajstić information content (AvgIpc) is 3.14. The van der Waals surface area contributed by atoms with Crippen molar-refractivity contribution in [3.63, 3.8) is 0 Å². The van der Waals surface area contributed by atoms with E-state index in [4.69, 9.17) is 0 Å². The molecule has 4 rings (SSSR count). The van der Waals surface area contributed by atoms with Gasteiger partial charge >= 0.3 is 0 Å². The summed E-state index contributed by atoms with van der Waals surface area (Å²) in [5.41, 5.74) is 0.880. The fraction of sp³-hybridized carbons (Fsp3) is 0.368. The molecule has 1 unspecified atom stereocenters. The Bertz CT molecular complexity index is 817. The summed E-state index contributed by atoms with van der Waals surface area (Å²) in [5.74, 6) is 1.34. The topological polar surface area (TPSA) is 49.4 Å². The SMILES string of the molecule is O=C(NCC1CC1)C1CSCN1C(=O)c1ccc(-c2ccc(F)cc2)s1. The second kappa shape index (κ2) is 7.40. The molecular formula is C19H19FN2O2S2. The highest BCUT2D eigenvalue weighted by molar-refractivity contribution is 7.99. The van der Waals surface area contributed by atoms with Gasteiger partial charge in [-0.05, 0) is 48.6 Å². The number of amides is 2. The van der Waals surface area contributed by atoms with Gasteiger partial charge in [0.2, 0.25) is 5.91 Å². The fourth-order valence-electron chi connectivity index (χ4n) is 2.91. The number of hydrogen-bond donors (Lipinski definition) is 1. The molecule has 136 valence electrons. The molecule has 2 aromatic rings. The molecule has 2 fully saturated rings. The van der Waals surface area contributed by atoms with Gasteiger partial charge < -0.3 is 10.2 Å². The first-order chi connectivity index (χ1) is 12.6. The van der Waals surface area contributed by atoms with Gasteiger partial charge in [-0.15, -0.1) is 23.1 Å². The van der Waals surface area contributed by atoms with Crippen molar-refractivity contribution < 1.29 is 14.0 Å². The number of benzene rings is 1. The van der Waals surface area contributed by atoms with Crippen molar-refractivity contribution in [2.45, 2.75) is 18.9 Å². The molecule has 0 bridgehead atoms. The molecule has 0 spiro atoms. The van der Waals surface area contributed by atoms with Gasteiger partial charge in [0.15, 0.2) is 0 Å². The lowest BCUT2D eigenvalue weighted by Gasteiger charge is -2.22. The summed E-state index contributed by atoms with van der Waals surface area (Å²) in [5, 5.41) is 2.98. The summed E-state index contributed by atoms with van der Waals surface area (Å²) in [6, 6.07) is 9.49. The predicted molar refractivity (Wildman–Crippen MR) is 103 cm³/mol. The van der Waals surface area contributed by atoms with E-state index in [9.17, 15) is 14.0 Å². The summed E-state index contributed by atoms with van der Waals surface area (Å²) in [6.45, 7) is 0.718. The number of carbonyl (C=O) groups excluding carboxylic acids is 2. The van der Waals surface area contributed by atoms with Crippen LogP contribution < -0.4 is 5.32 Å². The van der Waals surface area contributed by atoms with Gasteiger partial charge in [-0.3, -0.25) is 9.59 Å². The fourth-order valence-corrected chi connectivity index (χ4v) is 5.03. The number of nitrogens with one attached hydrogen (secondary N) is 1. The summed E-state index contributed by atoms with van der Waals surface area (Å²) in [7, 11) is 0. The molecule has 1 N–H and O–H groups in total. The van der Waals surface area contributed by atoms with E-state index in [0.717, 1.165) is 17.0 Å². The smallest absolute Gasteiger partial charge is 0.265 e. The highest BCUT2D eigenvalue weighted by Crippen LogP contribution is 2.32. The van der Waals surface area contributed by atoms with Gasteiger partial charge in [-0.2, -0.15) is 0 Å². The van der Waals surface area contributed by atoms with Crippen LogP contribution in [0.2, 0.25) is 0 Å². The van der Waals surface area contributed by atoms with Crippen molar-refractivity contribution in [1.29, 1.82) is 0 Å². The lowest BCUT2D eigenvalue weighted by Crippen LogP contribution is -2.47. The minimum absolute atomic E-state index is 0.0504. The van der Waals surface area contributed by atoms with Crippen LogP contribution in [-0.2, 0) is 4.79 Å². The first kappa shape index (κ1) is 17.5. The molecule has 1 aromatic carbocycles. The van der Waals surface area contributed by atoms with Gasteiger partial charge in [0, 0.05) is 17.2 Å². The molecule has 2 aliphatic rings. The molecule has 0 radical (unpaired) electrons. The minimum atomic E-state index is -0.400. The number of hydrogen-bond acceptors (Lipinski definition) is 4. The van der Waals surface area contributed by atoms with Crippen LogP contribution in [-0.4, -0.2) is 40.9 Å². The normalized spacial score (nSPS) is 19.6. The molecule has 1 aliphatic carbocycles. The van der Waals surface area contributed by atoms with Crippen molar-refractivity contribution >= 4 is 34.9 Å². The van der Waals surface area contributed by atoms with Crippen molar-refractivity contribution in [2.75, 3.05) is 18.2 Å². The summed E-state index contributed by atoms with van der Waals surface area (Å²) in [6.07, 6.45) is 2.37. The van der Waals surface area contributed by atoms with Gasteiger partial charge in [0.05, 0.1) is 10.8 Å². The Morgan fingerprint density at radius 2 is 1.92 bits per heavy atom. The zero-order valence-electron chi connectivity index (χ0n) is 14.1. The first-order valence-electron chi connectivity index (χ1n) is 8.64. The summed E-state index contributed by atoms with van der Waals surface area (Å²) >= 11 is 2.98. The summed E-state index contributed by atoms with van der Waals surface area (Å²) < 4.78 is 13.1. The van der Waals surface area contributed by atoms with Gasteiger partial charge in [-0.1, -0.05) is 12.1 Å². The Morgan fingerprint density at radius 3 is 2.65 bits per heavy atom. The largest absolute Gasteiger partial charge is 0.354 e. The van der Waals surface area contributed by atoms with Crippen LogP contribution >= 0.6 is 23.1 Å². The van der Waals surface area contributed by atoms with E-state index < -0.39 is 6.04 Å². The molecule has 1 aliphatic heterocycles. The third kappa shape index (κ3) is 3.78. The monoisotopic (exact) mass is 390 g/mol. The quantitative estimate of drug-likeness (QED) is 0.849. The maximum atomic E-state index is 13.1. The standard InChI is InChI=1S/C19H19FN2O2S2/c20-14-5-3-13(4-6-14)16-7-8-17(26-16)19(24)22-11-25-10-15(22)18(23)21-9-12-1-2-12/h3-8,12,15H,1-2,9-11H2,(H,21,23). The van der Waals surface area contributed by atoms with E-state index in [1.54, 1.807) is 34.9 Å². The Morgan fingerprint density at radius 1 is 1.15 bits per heavy atom. The zero-order valence-corrected chi connectivity index (χ0v) is 15.7. The predicted octanol–water partition coefficient (Wildman–Crippen LogP) is 3.60. The zero-order chi connectivity index (χ0) is 18.1. The molecule has 2 heterocycles. The molecule has 7 heteroatoms. The number of thiophene rings is 1. The van der Waals surface area contributed by atoms with Gasteiger partial charge in [-0.25, -0.2) is 4.39 Å². The maximum Gasteiger partial charge on any atom is 0.265 e. The van der Waals surface area contributed by atoms with E-state index in [0.29, 0.717) is 22.4 Å². The van der Waals surface area contributed by atoms with E-state index in [1.165, 1.54) is 36.3 Å². The van der Waals surface area contributed by atoms with Crippen LogP contribution in [0.1, 0.15) is 22.5 Å². The number of rotatable bonds is 5. The van der Waals surface area contributed by atoms with Gasteiger partial charge in [0.1, 0.15) is 11.9 Å². The lowest BCUT2D eigenvalue weighted by molar-refractivity contribution is -0.124. The molecule has 2 amide bonds. The number of carbonyl (C=O) groups is 2. The molecule has 1 saturated carbocycles. The first-order valence-corrected chi connectivity index (χ1v) is 10.6. The Labute approximate surface area is 159 Å². The molecule has 1 aromatic heterocycles. The van der Waals surface area contributed by atoms with Crippen LogP contribution in [0.15, 0.2) is 36.4 Å². The Hall–Kier alpha value is -1.86. The molecule has 1 saturated heterocycles. The van der Waals surface area contributed by atoms with Crippen molar-refractivity contribution in [3.05, 3.63) is 47.1 Å². The lowest BCUT2D eigenvalue weighted by atomic mass is 10.2. The maximum absolute atomic E-state index is 13.1. The molecule has 1 atom stereocenters. The second-order valence-corrected chi connectivity index (χ2v) is 8.73. The Balaban J connectivity index is 1.46.